The molecule has 0 aliphatic rings. The van der Waals surface area contributed by atoms with Gasteiger partial charge in [0.15, 0.2) is 0 Å². The predicted molar refractivity (Wildman–Crippen MR) is 78.6 cm³/mol. The first-order valence-electron chi connectivity index (χ1n) is 5.76. The SMILES string of the molecule is Cc1ccc(N(C)Cc2cccs2)c(C(=N)N)c1. The second-order valence-corrected chi connectivity index (χ2v) is 5.40. The molecule has 0 spiro atoms. The molecule has 1 aromatic carbocycles. The number of hydrogen-bond acceptors (Lipinski definition) is 3. The maximum Gasteiger partial charge on any atom is 0.124 e. The predicted octanol–water partition coefficient (Wildman–Crippen LogP) is 2.98. The van der Waals surface area contributed by atoms with Crippen LogP contribution in [0.2, 0.25) is 0 Å². The highest BCUT2D eigenvalue weighted by Crippen LogP contribution is 2.23. The molecule has 0 bridgehead atoms. The van der Waals surface area contributed by atoms with Gasteiger partial charge in [-0.05, 0) is 30.5 Å². The van der Waals surface area contributed by atoms with E-state index in [0.29, 0.717) is 0 Å². The molecule has 2 rings (SSSR count). The van der Waals surface area contributed by atoms with Gasteiger partial charge < -0.3 is 10.6 Å². The van der Waals surface area contributed by atoms with Gasteiger partial charge in [0.1, 0.15) is 5.84 Å². The Kier molecular flexibility index (Phi) is 3.67. The van der Waals surface area contributed by atoms with Crippen LogP contribution in [0.4, 0.5) is 5.69 Å². The van der Waals surface area contributed by atoms with E-state index in [9.17, 15) is 0 Å². The van der Waals surface area contributed by atoms with Crippen molar-refractivity contribution < 1.29 is 0 Å². The second kappa shape index (κ2) is 5.23. The Hall–Kier alpha value is -1.81. The van der Waals surface area contributed by atoms with Crippen LogP contribution in [-0.2, 0) is 6.54 Å². The first kappa shape index (κ1) is 12.6. The summed E-state index contributed by atoms with van der Waals surface area (Å²) >= 11 is 1.74. The summed E-state index contributed by atoms with van der Waals surface area (Å²) in [5.41, 5.74) is 8.57. The van der Waals surface area contributed by atoms with Gasteiger partial charge in [-0.25, -0.2) is 0 Å². The Morgan fingerprint density at radius 3 is 2.78 bits per heavy atom. The zero-order chi connectivity index (χ0) is 13.1. The molecule has 0 amide bonds. The van der Waals surface area contributed by atoms with Crippen LogP contribution in [0.1, 0.15) is 16.0 Å². The van der Waals surface area contributed by atoms with E-state index >= 15 is 0 Å². The van der Waals surface area contributed by atoms with E-state index in [-0.39, 0.29) is 5.84 Å². The highest BCUT2D eigenvalue weighted by molar-refractivity contribution is 7.09. The number of rotatable bonds is 4. The van der Waals surface area contributed by atoms with Crippen molar-refractivity contribution in [2.75, 3.05) is 11.9 Å². The Balaban J connectivity index is 2.29. The van der Waals surface area contributed by atoms with Crippen LogP contribution in [0.15, 0.2) is 35.7 Å². The molecule has 2 aromatic rings. The number of anilines is 1. The lowest BCUT2D eigenvalue weighted by atomic mass is 10.1. The van der Waals surface area contributed by atoms with Gasteiger partial charge in [0.2, 0.25) is 0 Å². The summed E-state index contributed by atoms with van der Waals surface area (Å²) in [6, 6.07) is 10.2. The smallest absolute Gasteiger partial charge is 0.124 e. The molecule has 3 N–H and O–H groups in total. The number of aryl methyl sites for hydroxylation is 1. The minimum atomic E-state index is 0.117. The fourth-order valence-electron chi connectivity index (χ4n) is 1.92. The number of nitrogens with two attached hydrogens (primary N) is 1. The normalized spacial score (nSPS) is 10.3. The first-order valence-corrected chi connectivity index (χ1v) is 6.64. The third kappa shape index (κ3) is 2.71. The fourth-order valence-corrected chi connectivity index (χ4v) is 2.68. The van der Waals surface area contributed by atoms with E-state index in [1.807, 2.05) is 32.2 Å². The van der Waals surface area contributed by atoms with Gasteiger partial charge in [-0.2, -0.15) is 0 Å². The van der Waals surface area contributed by atoms with Crippen molar-refractivity contribution in [1.82, 2.24) is 0 Å². The molecule has 0 unspecified atom stereocenters. The lowest BCUT2D eigenvalue weighted by molar-refractivity contribution is 0.937. The van der Waals surface area contributed by atoms with E-state index < -0.39 is 0 Å². The minimum Gasteiger partial charge on any atom is -0.384 e. The van der Waals surface area contributed by atoms with Gasteiger partial charge in [-0.15, -0.1) is 11.3 Å². The van der Waals surface area contributed by atoms with Crippen molar-refractivity contribution in [1.29, 1.82) is 5.41 Å². The monoisotopic (exact) mass is 259 g/mol. The maximum absolute atomic E-state index is 7.67. The number of nitrogen functional groups attached to an aromatic ring is 1. The van der Waals surface area contributed by atoms with Crippen LogP contribution < -0.4 is 10.6 Å². The third-order valence-electron chi connectivity index (χ3n) is 2.83. The average Bonchev–Trinajstić information content (AvgIpc) is 2.81. The molecule has 0 aliphatic heterocycles. The molecular formula is C14H17N3S. The lowest BCUT2D eigenvalue weighted by Crippen LogP contribution is -2.21. The number of thiophene rings is 1. The van der Waals surface area contributed by atoms with Crippen LogP contribution in [0.25, 0.3) is 0 Å². The molecule has 0 aliphatic carbocycles. The topological polar surface area (TPSA) is 53.1 Å². The highest BCUT2D eigenvalue weighted by atomic mass is 32.1. The molecule has 1 heterocycles. The van der Waals surface area contributed by atoms with Crippen LogP contribution in [0.3, 0.4) is 0 Å². The molecule has 0 radical (unpaired) electrons. The minimum absolute atomic E-state index is 0.117. The van der Waals surface area contributed by atoms with Gasteiger partial charge in [0.25, 0.3) is 0 Å². The number of hydrogen-bond donors (Lipinski definition) is 2. The standard InChI is InChI=1S/C14H17N3S/c1-10-5-6-13(12(8-10)14(15)16)17(2)9-11-4-3-7-18-11/h3-8H,9H2,1-2H3,(H3,15,16). The molecule has 0 fully saturated rings. The molecule has 3 nitrogen and oxygen atoms in total. The Labute approximate surface area is 111 Å². The summed E-state index contributed by atoms with van der Waals surface area (Å²) in [5.74, 6) is 0.117. The number of amidine groups is 1. The van der Waals surface area contributed by atoms with E-state index in [0.717, 1.165) is 23.4 Å². The first-order chi connectivity index (χ1) is 8.58. The zero-order valence-corrected chi connectivity index (χ0v) is 11.4. The largest absolute Gasteiger partial charge is 0.384 e. The van der Waals surface area contributed by atoms with E-state index in [2.05, 4.69) is 22.4 Å². The quantitative estimate of drug-likeness (QED) is 0.655. The van der Waals surface area contributed by atoms with Gasteiger partial charge in [-0.3, -0.25) is 5.41 Å². The zero-order valence-electron chi connectivity index (χ0n) is 10.6. The van der Waals surface area contributed by atoms with E-state index in [1.54, 1.807) is 11.3 Å². The van der Waals surface area contributed by atoms with Gasteiger partial charge >= 0.3 is 0 Å². The van der Waals surface area contributed by atoms with Crippen LogP contribution in [0.5, 0.6) is 0 Å². The maximum atomic E-state index is 7.67. The van der Waals surface area contributed by atoms with Crippen molar-refractivity contribution in [3.05, 3.63) is 51.7 Å². The van der Waals surface area contributed by atoms with E-state index in [1.165, 1.54) is 4.88 Å². The molecule has 18 heavy (non-hydrogen) atoms. The van der Waals surface area contributed by atoms with Crippen LogP contribution in [0, 0.1) is 12.3 Å². The summed E-state index contributed by atoms with van der Waals surface area (Å²) in [6.45, 7) is 2.84. The summed E-state index contributed by atoms with van der Waals surface area (Å²) in [4.78, 5) is 3.43. The summed E-state index contributed by atoms with van der Waals surface area (Å²) in [7, 11) is 2.02. The molecule has 0 atom stereocenters. The van der Waals surface area contributed by atoms with Crippen LogP contribution in [-0.4, -0.2) is 12.9 Å². The molecule has 0 saturated carbocycles. The van der Waals surface area contributed by atoms with Gasteiger partial charge in [0.05, 0.1) is 6.54 Å². The van der Waals surface area contributed by atoms with Crippen molar-refractivity contribution in [3.63, 3.8) is 0 Å². The Bertz CT molecular complexity index is 546. The summed E-state index contributed by atoms with van der Waals surface area (Å²) in [5, 5.41) is 9.74. The fraction of sp³-hybridized carbons (Fsp3) is 0.214. The molecule has 94 valence electrons. The van der Waals surface area contributed by atoms with Crippen LogP contribution >= 0.6 is 11.3 Å². The average molecular weight is 259 g/mol. The highest BCUT2D eigenvalue weighted by Gasteiger charge is 2.10. The van der Waals surface area contributed by atoms with Crippen molar-refractivity contribution in [2.45, 2.75) is 13.5 Å². The number of benzene rings is 1. The van der Waals surface area contributed by atoms with Crippen molar-refractivity contribution in [3.8, 4) is 0 Å². The van der Waals surface area contributed by atoms with Crippen molar-refractivity contribution >= 4 is 22.9 Å². The molecule has 0 saturated heterocycles. The number of nitrogens with zero attached hydrogens (tertiary/aromatic N) is 1. The molecule has 4 heteroatoms. The third-order valence-corrected chi connectivity index (χ3v) is 3.69. The number of nitrogens with one attached hydrogen (secondary N) is 1. The molecule has 1 aromatic heterocycles. The summed E-state index contributed by atoms with van der Waals surface area (Å²) < 4.78 is 0. The lowest BCUT2D eigenvalue weighted by Gasteiger charge is -2.22. The summed E-state index contributed by atoms with van der Waals surface area (Å²) in [6.07, 6.45) is 0. The Morgan fingerprint density at radius 2 is 2.17 bits per heavy atom. The van der Waals surface area contributed by atoms with Crippen molar-refractivity contribution in [2.24, 2.45) is 5.73 Å². The van der Waals surface area contributed by atoms with Gasteiger partial charge in [0, 0.05) is 23.2 Å². The van der Waals surface area contributed by atoms with Gasteiger partial charge in [-0.1, -0.05) is 17.7 Å². The van der Waals surface area contributed by atoms with E-state index in [4.69, 9.17) is 11.1 Å². The second-order valence-electron chi connectivity index (χ2n) is 4.37. The Morgan fingerprint density at radius 1 is 1.39 bits per heavy atom. The molecular weight excluding hydrogens is 242 g/mol.